The van der Waals surface area contributed by atoms with Crippen molar-refractivity contribution in [1.82, 2.24) is 5.01 Å². The lowest BCUT2D eigenvalue weighted by molar-refractivity contribution is -0.143. The van der Waals surface area contributed by atoms with Crippen LogP contribution in [0.25, 0.3) is 0 Å². The summed E-state index contributed by atoms with van der Waals surface area (Å²) >= 11 is 0. The van der Waals surface area contributed by atoms with Crippen LogP contribution in [0.15, 0.2) is 71.0 Å². The quantitative estimate of drug-likeness (QED) is 0.378. The summed E-state index contributed by atoms with van der Waals surface area (Å²) in [6.07, 6.45) is -1.18. The highest BCUT2D eigenvalue weighted by Crippen LogP contribution is 2.41. The van der Waals surface area contributed by atoms with Gasteiger partial charge >= 0.3 is 18.2 Å². The van der Waals surface area contributed by atoms with Crippen LogP contribution in [-0.2, 0) is 15.7 Å². The summed E-state index contributed by atoms with van der Waals surface area (Å²) in [7, 11) is 0. The Morgan fingerprint density at radius 3 is 2.18 bits per heavy atom. The van der Waals surface area contributed by atoms with Crippen molar-refractivity contribution < 1.29 is 32.2 Å². The van der Waals surface area contributed by atoms with E-state index < -0.39 is 35.8 Å². The number of para-hydroxylation sites is 1. The van der Waals surface area contributed by atoms with Gasteiger partial charge in [0.1, 0.15) is 5.75 Å². The molecule has 1 atom stereocenters. The van der Waals surface area contributed by atoms with Gasteiger partial charge in [0.25, 0.3) is 0 Å². The summed E-state index contributed by atoms with van der Waals surface area (Å²) in [5.74, 6) is -1.15. The number of hydrogen-bond acceptors (Lipinski definition) is 5. The molecular weight excluding hydrogens is 497 g/mol. The Morgan fingerprint density at radius 1 is 0.974 bits per heavy atom. The van der Waals surface area contributed by atoms with Crippen LogP contribution in [0.3, 0.4) is 0 Å². The number of alkyl halides is 3. The fraction of sp³-hybridized carbons (Fsp3) is 0.414. The number of hydrazone groups is 1. The number of ether oxygens (including phenoxy) is 2. The van der Waals surface area contributed by atoms with Crippen LogP contribution in [0.2, 0.25) is 0 Å². The second kappa shape index (κ2) is 11.4. The number of carbonyl (C=O) groups excluding carboxylic acids is 2. The largest absolute Gasteiger partial charge is 0.460 e. The first-order valence-electron chi connectivity index (χ1n) is 12.8. The Bertz CT molecular complexity index is 1210. The first kappa shape index (κ1) is 27.4. The van der Waals surface area contributed by atoms with Gasteiger partial charge in [-0.05, 0) is 63.4 Å². The fourth-order valence-electron chi connectivity index (χ4n) is 4.99. The lowest BCUT2D eigenvalue weighted by atomic mass is 9.74. The van der Waals surface area contributed by atoms with Crippen LogP contribution < -0.4 is 4.74 Å². The number of carbonyl (C=O) groups is 2. The number of allylic oxidation sites excluding steroid dienone is 1. The van der Waals surface area contributed by atoms with Crippen LogP contribution >= 0.6 is 0 Å². The Morgan fingerprint density at radius 2 is 1.61 bits per heavy atom. The smallest absolute Gasteiger partial charge is 0.440 e. The summed E-state index contributed by atoms with van der Waals surface area (Å²) in [5.41, 5.74) is 0.623. The number of hydrogen-bond donors (Lipinski definition) is 0. The molecule has 0 saturated heterocycles. The molecule has 0 bridgehead atoms. The molecule has 1 aliphatic heterocycles. The molecule has 2 aromatic carbocycles. The van der Waals surface area contributed by atoms with Gasteiger partial charge in [0.15, 0.2) is 0 Å². The van der Waals surface area contributed by atoms with E-state index in [9.17, 15) is 22.8 Å². The molecule has 38 heavy (non-hydrogen) atoms. The molecule has 4 rings (SSSR count). The van der Waals surface area contributed by atoms with Gasteiger partial charge in [0.05, 0.1) is 34.6 Å². The van der Waals surface area contributed by atoms with E-state index in [2.05, 4.69) is 0 Å². The molecule has 0 N–H and O–H groups in total. The van der Waals surface area contributed by atoms with E-state index >= 15 is 0 Å². The molecule has 1 aliphatic carbocycles. The van der Waals surface area contributed by atoms with Crippen molar-refractivity contribution in [3.63, 3.8) is 0 Å². The molecule has 9 heteroatoms. The minimum absolute atomic E-state index is 0.0574. The maximum atomic E-state index is 13.5. The van der Waals surface area contributed by atoms with Crippen molar-refractivity contribution in [2.45, 2.75) is 71.1 Å². The monoisotopic (exact) mass is 528 g/mol. The summed E-state index contributed by atoms with van der Waals surface area (Å²) in [6, 6.07) is 13.3. The van der Waals surface area contributed by atoms with E-state index in [0.717, 1.165) is 49.2 Å². The number of nitrogens with zero attached hydrogens (tertiary/aromatic N) is 2. The first-order valence-corrected chi connectivity index (χ1v) is 12.8. The molecule has 1 unspecified atom stereocenters. The topological polar surface area (TPSA) is 68.2 Å². The van der Waals surface area contributed by atoms with Crippen LogP contribution in [0.4, 0.5) is 18.0 Å². The maximum absolute atomic E-state index is 13.5. The molecule has 1 saturated carbocycles. The number of amides is 1. The third-order valence-corrected chi connectivity index (χ3v) is 6.79. The van der Waals surface area contributed by atoms with Gasteiger partial charge < -0.3 is 9.47 Å². The Balaban J connectivity index is 1.83. The van der Waals surface area contributed by atoms with E-state index in [0.29, 0.717) is 17.0 Å². The predicted molar refractivity (Wildman–Crippen MR) is 136 cm³/mol. The molecular formula is C29H31F3N2O4. The molecule has 0 aromatic heterocycles. The Kier molecular flexibility index (Phi) is 8.23. The van der Waals surface area contributed by atoms with Crippen LogP contribution in [0.1, 0.15) is 69.9 Å². The summed E-state index contributed by atoms with van der Waals surface area (Å²) in [4.78, 5) is 26.8. The van der Waals surface area contributed by atoms with E-state index in [1.165, 1.54) is 12.1 Å². The summed E-state index contributed by atoms with van der Waals surface area (Å²) in [5, 5.41) is 5.79. The molecule has 1 amide bonds. The predicted octanol–water partition coefficient (Wildman–Crippen LogP) is 7.47. The Hall–Kier alpha value is -3.62. The summed E-state index contributed by atoms with van der Waals surface area (Å²) in [6.45, 7) is 4.99. The van der Waals surface area contributed by atoms with Gasteiger partial charge in [-0.2, -0.15) is 23.3 Å². The zero-order valence-corrected chi connectivity index (χ0v) is 21.6. The number of esters is 1. The van der Waals surface area contributed by atoms with Crippen LogP contribution in [0, 0.1) is 5.92 Å². The average Bonchev–Trinajstić information content (AvgIpc) is 2.88. The average molecular weight is 529 g/mol. The molecule has 1 fully saturated rings. The molecule has 202 valence electrons. The Labute approximate surface area is 220 Å². The van der Waals surface area contributed by atoms with Gasteiger partial charge in [-0.25, -0.2) is 9.59 Å². The lowest BCUT2D eigenvalue weighted by Crippen LogP contribution is -2.40. The van der Waals surface area contributed by atoms with E-state index in [4.69, 9.17) is 14.6 Å². The number of rotatable bonds is 5. The summed E-state index contributed by atoms with van der Waals surface area (Å²) < 4.78 is 51.0. The standard InChI is InChI=1S/C29H31F3N2O4/c1-18(2)37-27(35)24-19(3)34(28(36)38-23-12-8-5-9-13-23)33-26(21-10-6-4-7-11-21)25(24)20-14-16-22(17-15-20)29(30,31)32/h5,8-9,12-18,21,25H,4,6-7,10-11H2,1-3H3. The zero-order chi connectivity index (χ0) is 27.4. The van der Waals surface area contributed by atoms with Gasteiger partial charge in [0.2, 0.25) is 0 Å². The minimum Gasteiger partial charge on any atom is -0.460 e. The van der Waals surface area contributed by atoms with E-state index in [1.807, 2.05) is 0 Å². The lowest BCUT2D eigenvalue weighted by Gasteiger charge is -2.36. The number of halogens is 3. The first-order chi connectivity index (χ1) is 18.1. The van der Waals surface area contributed by atoms with Crippen molar-refractivity contribution in [2.75, 3.05) is 0 Å². The molecule has 1 heterocycles. The molecule has 2 aliphatic rings. The third-order valence-electron chi connectivity index (χ3n) is 6.79. The fourth-order valence-corrected chi connectivity index (χ4v) is 4.99. The zero-order valence-electron chi connectivity index (χ0n) is 21.6. The van der Waals surface area contributed by atoms with Gasteiger partial charge in [-0.1, -0.05) is 49.6 Å². The van der Waals surface area contributed by atoms with Crippen molar-refractivity contribution in [3.8, 4) is 5.75 Å². The van der Waals surface area contributed by atoms with Crippen LogP contribution in [0.5, 0.6) is 5.75 Å². The maximum Gasteiger partial charge on any atom is 0.440 e. The van der Waals surface area contributed by atoms with Gasteiger partial charge in [-0.15, -0.1) is 0 Å². The van der Waals surface area contributed by atoms with Crippen molar-refractivity contribution in [2.24, 2.45) is 11.0 Å². The molecule has 0 radical (unpaired) electrons. The van der Waals surface area contributed by atoms with Gasteiger partial charge in [-0.3, -0.25) is 0 Å². The molecule has 6 nitrogen and oxygen atoms in total. The second-order valence-electron chi connectivity index (χ2n) is 9.86. The van der Waals surface area contributed by atoms with Crippen molar-refractivity contribution in [1.29, 1.82) is 0 Å². The van der Waals surface area contributed by atoms with E-state index in [-0.39, 0.29) is 17.2 Å². The van der Waals surface area contributed by atoms with Crippen molar-refractivity contribution >= 4 is 17.8 Å². The molecule has 2 aromatic rings. The highest BCUT2D eigenvalue weighted by Gasteiger charge is 2.42. The SMILES string of the molecule is CC1=C(C(=O)OC(C)C)C(c2ccc(C(F)(F)F)cc2)C(C2CCCCC2)=NN1C(=O)Oc1ccccc1. The highest BCUT2D eigenvalue weighted by molar-refractivity contribution is 6.06. The van der Waals surface area contributed by atoms with Crippen molar-refractivity contribution in [3.05, 3.63) is 77.0 Å². The molecule has 0 spiro atoms. The normalized spacial score (nSPS) is 18.9. The minimum atomic E-state index is -4.49. The van der Waals surface area contributed by atoms with Gasteiger partial charge in [0, 0.05) is 5.92 Å². The highest BCUT2D eigenvalue weighted by atomic mass is 19.4. The second-order valence-corrected chi connectivity index (χ2v) is 9.86. The van der Waals surface area contributed by atoms with Crippen LogP contribution in [-0.4, -0.2) is 28.9 Å². The number of benzene rings is 2. The van der Waals surface area contributed by atoms with E-state index in [1.54, 1.807) is 51.1 Å². The third kappa shape index (κ3) is 6.09.